The number of benzene rings is 2. The van der Waals surface area contributed by atoms with E-state index >= 15 is 0 Å². The molecule has 3 amide bonds. The van der Waals surface area contributed by atoms with E-state index in [1.165, 1.54) is 30.4 Å². The largest absolute Gasteiger partial charge is 0.452 e. The van der Waals surface area contributed by atoms with Crippen molar-refractivity contribution >= 4 is 23.5 Å². The van der Waals surface area contributed by atoms with Crippen LogP contribution in [0.3, 0.4) is 0 Å². The minimum absolute atomic E-state index is 0.328. The number of urea groups is 1. The predicted molar refractivity (Wildman–Crippen MR) is 110 cm³/mol. The van der Waals surface area contributed by atoms with Crippen molar-refractivity contribution in [2.45, 2.75) is 6.42 Å². The molecule has 0 aliphatic rings. The van der Waals surface area contributed by atoms with Crippen molar-refractivity contribution in [1.29, 1.82) is 0 Å². The molecule has 2 N–H and O–H groups in total. The molecule has 9 heteroatoms. The van der Waals surface area contributed by atoms with Gasteiger partial charge in [-0.3, -0.25) is 4.90 Å². The molecule has 0 fully saturated rings. The van der Waals surface area contributed by atoms with E-state index in [4.69, 9.17) is 4.42 Å². The van der Waals surface area contributed by atoms with E-state index in [0.717, 1.165) is 0 Å². The Morgan fingerprint density at radius 3 is 2.50 bits per heavy atom. The van der Waals surface area contributed by atoms with Crippen molar-refractivity contribution in [3.63, 3.8) is 0 Å². The normalized spacial score (nSPS) is 10.4. The zero-order valence-electron chi connectivity index (χ0n) is 16.5. The second-order valence-corrected chi connectivity index (χ2v) is 6.36. The van der Waals surface area contributed by atoms with Crippen LogP contribution in [-0.4, -0.2) is 37.8 Å². The van der Waals surface area contributed by atoms with Gasteiger partial charge in [0, 0.05) is 37.0 Å². The van der Waals surface area contributed by atoms with Crippen LogP contribution in [0.15, 0.2) is 59.2 Å². The van der Waals surface area contributed by atoms with E-state index in [0.29, 0.717) is 41.5 Å². The number of oxazole rings is 1. The number of amides is 3. The van der Waals surface area contributed by atoms with Crippen molar-refractivity contribution in [3.8, 4) is 11.5 Å². The molecule has 156 valence electrons. The first kappa shape index (κ1) is 20.8. The Labute approximate surface area is 172 Å². The number of methoxy groups -OCH3 is 1. The summed E-state index contributed by atoms with van der Waals surface area (Å²) in [6.07, 6.45) is 1.50. The summed E-state index contributed by atoms with van der Waals surface area (Å²) in [7, 11) is 2.90. The molecule has 8 nitrogen and oxygen atoms in total. The highest BCUT2D eigenvalue weighted by Crippen LogP contribution is 2.19. The number of aromatic nitrogens is 1. The third-order valence-electron chi connectivity index (χ3n) is 4.27. The molecule has 0 bridgehead atoms. The van der Waals surface area contributed by atoms with Gasteiger partial charge in [0.2, 0.25) is 5.89 Å². The third kappa shape index (κ3) is 5.34. The highest BCUT2D eigenvalue weighted by Gasteiger charge is 2.11. The van der Waals surface area contributed by atoms with Gasteiger partial charge in [0.05, 0.1) is 12.8 Å². The molecule has 0 unspecified atom stereocenters. The molecule has 2 aromatic carbocycles. The zero-order chi connectivity index (χ0) is 21.5. The Kier molecular flexibility index (Phi) is 6.63. The number of nitrogens with one attached hydrogen (secondary N) is 2. The maximum absolute atomic E-state index is 13.0. The number of ether oxygens (including phenoxy) is 1. The van der Waals surface area contributed by atoms with Gasteiger partial charge < -0.3 is 19.8 Å². The molecule has 1 aromatic heterocycles. The van der Waals surface area contributed by atoms with Crippen molar-refractivity contribution < 1.29 is 23.1 Å². The van der Waals surface area contributed by atoms with Crippen LogP contribution in [0, 0.1) is 5.82 Å². The third-order valence-corrected chi connectivity index (χ3v) is 4.27. The number of carbonyl (C=O) groups excluding carboxylic acids is 2. The first-order valence-corrected chi connectivity index (χ1v) is 9.13. The first-order chi connectivity index (χ1) is 14.5. The molecule has 3 rings (SSSR count). The van der Waals surface area contributed by atoms with Gasteiger partial charge in [0.15, 0.2) is 0 Å². The topological polar surface area (TPSA) is 96.7 Å². The van der Waals surface area contributed by atoms with E-state index in [1.54, 1.807) is 43.4 Å². The number of nitrogens with zero attached hydrogens (tertiary/aromatic N) is 2. The van der Waals surface area contributed by atoms with E-state index in [1.807, 2.05) is 0 Å². The van der Waals surface area contributed by atoms with Crippen LogP contribution in [0.25, 0.3) is 11.5 Å². The predicted octanol–water partition coefficient (Wildman–Crippen LogP) is 4.05. The molecular formula is C21H21FN4O4. The molecule has 0 saturated carbocycles. The van der Waals surface area contributed by atoms with Crippen LogP contribution in [-0.2, 0) is 11.2 Å². The Morgan fingerprint density at radius 1 is 1.13 bits per heavy atom. The van der Waals surface area contributed by atoms with E-state index in [9.17, 15) is 14.0 Å². The summed E-state index contributed by atoms with van der Waals surface area (Å²) in [4.78, 5) is 29.2. The lowest BCUT2D eigenvalue weighted by molar-refractivity contribution is 0.180. The van der Waals surface area contributed by atoms with Crippen LogP contribution in [0.2, 0.25) is 0 Å². The molecule has 0 atom stereocenters. The van der Waals surface area contributed by atoms with Crippen molar-refractivity contribution in [3.05, 3.63) is 66.3 Å². The minimum Gasteiger partial charge on any atom is -0.452 e. The fraction of sp³-hybridized carbons (Fsp3) is 0.190. The summed E-state index contributed by atoms with van der Waals surface area (Å²) in [6, 6.07) is 12.2. The molecule has 0 spiro atoms. The zero-order valence-corrected chi connectivity index (χ0v) is 16.5. The van der Waals surface area contributed by atoms with Gasteiger partial charge in [0.1, 0.15) is 12.1 Å². The molecule has 0 aliphatic carbocycles. The molecule has 0 saturated heterocycles. The molecule has 30 heavy (non-hydrogen) atoms. The van der Waals surface area contributed by atoms with Crippen LogP contribution in [0.1, 0.15) is 5.69 Å². The van der Waals surface area contributed by atoms with Crippen molar-refractivity contribution in [2.75, 3.05) is 30.9 Å². The average Bonchev–Trinajstić information content (AvgIpc) is 3.22. The summed E-state index contributed by atoms with van der Waals surface area (Å²) >= 11 is 0. The van der Waals surface area contributed by atoms with E-state index < -0.39 is 6.09 Å². The summed E-state index contributed by atoms with van der Waals surface area (Å²) in [5, 5.41) is 5.44. The van der Waals surface area contributed by atoms with E-state index in [-0.39, 0.29) is 11.8 Å². The monoisotopic (exact) mass is 412 g/mol. The highest BCUT2D eigenvalue weighted by atomic mass is 19.1. The van der Waals surface area contributed by atoms with Gasteiger partial charge in [-0.2, -0.15) is 0 Å². The lowest BCUT2D eigenvalue weighted by Crippen LogP contribution is -2.30. The Balaban J connectivity index is 1.46. The van der Waals surface area contributed by atoms with E-state index in [2.05, 4.69) is 20.4 Å². The lowest BCUT2D eigenvalue weighted by Gasteiger charge is -2.16. The maximum Gasteiger partial charge on any atom is 0.413 e. The van der Waals surface area contributed by atoms with Crippen LogP contribution < -0.4 is 15.5 Å². The Morgan fingerprint density at radius 2 is 1.83 bits per heavy atom. The molecule has 1 heterocycles. The van der Waals surface area contributed by atoms with Crippen LogP contribution >= 0.6 is 0 Å². The van der Waals surface area contributed by atoms with Gasteiger partial charge in [-0.1, -0.05) is 0 Å². The van der Waals surface area contributed by atoms with Crippen LogP contribution in [0.5, 0.6) is 0 Å². The minimum atomic E-state index is -0.483. The fourth-order valence-corrected chi connectivity index (χ4v) is 2.64. The quantitative estimate of drug-likeness (QED) is 0.637. The molecular weight excluding hydrogens is 391 g/mol. The second kappa shape index (κ2) is 9.55. The summed E-state index contributed by atoms with van der Waals surface area (Å²) in [6.45, 7) is 0.352. The lowest BCUT2D eigenvalue weighted by atomic mass is 10.2. The summed E-state index contributed by atoms with van der Waals surface area (Å²) < 4.78 is 23.0. The van der Waals surface area contributed by atoms with Crippen molar-refractivity contribution in [1.82, 2.24) is 10.3 Å². The Hall–Kier alpha value is -3.88. The maximum atomic E-state index is 13.0. The average molecular weight is 412 g/mol. The highest BCUT2D eigenvalue weighted by molar-refractivity contribution is 5.90. The number of hydrogen-bond acceptors (Lipinski definition) is 5. The number of anilines is 2. The number of carbonyl (C=O) groups is 2. The summed E-state index contributed by atoms with van der Waals surface area (Å²) in [5.41, 5.74) is 2.56. The second-order valence-electron chi connectivity index (χ2n) is 6.36. The number of rotatable bonds is 6. The van der Waals surface area contributed by atoms with Gasteiger partial charge in [-0.05, 0) is 48.5 Å². The van der Waals surface area contributed by atoms with Gasteiger partial charge >= 0.3 is 12.1 Å². The van der Waals surface area contributed by atoms with Crippen molar-refractivity contribution in [2.24, 2.45) is 0 Å². The molecule has 0 aliphatic heterocycles. The fourth-order valence-electron chi connectivity index (χ4n) is 2.64. The number of hydrogen-bond donors (Lipinski definition) is 2. The molecule has 3 aromatic rings. The van der Waals surface area contributed by atoms with Gasteiger partial charge in [0.25, 0.3) is 0 Å². The standard InChI is InChI=1S/C21H21FN4O4/c1-26(21(28)29-2)18-9-7-16(8-10-18)25-20(27)23-12-11-17-13-30-19(24-17)14-3-5-15(22)6-4-14/h3-10,13H,11-12H2,1-2H3,(H2,23,25,27). The SMILES string of the molecule is COC(=O)N(C)c1ccc(NC(=O)NCCc2coc(-c3ccc(F)cc3)n2)cc1. The first-order valence-electron chi connectivity index (χ1n) is 9.13. The number of halogens is 1. The van der Waals surface area contributed by atoms with Crippen LogP contribution in [0.4, 0.5) is 25.4 Å². The smallest absolute Gasteiger partial charge is 0.413 e. The Bertz CT molecular complexity index is 1000. The van der Waals surface area contributed by atoms with Gasteiger partial charge in [-0.15, -0.1) is 0 Å². The van der Waals surface area contributed by atoms with Gasteiger partial charge in [-0.25, -0.2) is 19.0 Å². The summed E-state index contributed by atoms with van der Waals surface area (Å²) in [5.74, 6) is 0.0670. The molecule has 0 radical (unpaired) electrons.